The van der Waals surface area contributed by atoms with Gasteiger partial charge >= 0.3 is 5.97 Å². The van der Waals surface area contributed by atoms with E-state index in [-0.39, 0.29) is 0 Å². The highest BCUT2D eigenvalue weighted by molar-refractivity contribution is 7.17. The molecule has 1 fully saturated rings. The maximum atomic E-state index is 11.2. The summed E-state index contributed by atoms with van der Waals surface area (Å²) in [5.74, 6) is -0.208. The molecule has 112 valence electrons. The minimum absolute atomic E-state index is 0.382. The molecule has 1 aliphatic carbocycles. The van der Waals surface area contributed by atoms with E-state index in [0.717, 1.165) is 18.1 Å². The van der Waals surface area contributed by atoms with Gasteiger partial charge in [-0.1, -0.05) is 38.0 Å². The van der Waals surface area contributed by atoms with Crippen LogP contribution in [0.3, 0.4) is 0 Å². The van der Waals surface area contributed by atoms with E-state index in [9.17, 15) is 9.90 Å². The first-order chi connectivity index (χ1) is 9.49. The second kappa shape index (κ2) is 6.57. The number of hydrogen-bond acceptors (Lipinski definition) is 4. The standard InChI is InChI=1S/C15H24N2O2S/c1-10(2)8-9-17(12-6-4-5-7-12)15-16-11(3)13(20-15)14(18)19/h10,12H,4-9H2,1-3H3,(H,18,19). The van der Waals surface area contributed by atoms with Gasteiger partial charge < -0.3 is 10.0 Å². The summed E-state index contributed by atoms with van der Waals surface area (Å²) in [5, 5.41) is 10.1. The van der Waals surface area contributed by atoms with Crippen LogP contribution in [-0.4, -0.2) is 28.6 Å². The molecule has 1 aliphatic rings. The maximum absolute atomic E-state index is 11.2. The Balaban J connectivity index is 2.20. The van der Waals surface area contributed by atoms with Crippen LogP contribution in [0.15, 0.2) is 0 Å². The summed E-state index contributed by atoms with van der Waals surface area (Å²) in [6.07, 6.45) is 6.09. The SMILES string of the molecule is Cc1nc(N(CCC(C)C)C2CCCC2)sc1C(=O)O. The van der Waals surface area contributed by atoms with Crippen LogP contribution in [0.25, 0.3) is 0 Å². The molecule has 0 unspecified atom stereocenters. The lowest BCUT2D eigenvalue weighted by molar-refractivity contribution is 0.0701. The molecule has 0 saturated heterocycles. The number of carboxylic acid groups (broad SMARTS) is 1. The van der Waals surface area contributed by atoms with Gasteiger partial charge in [-0.15, -0.1) is 0 Å². The number of carboxylic acids is 1. The Labute approximate surface area is 124 Å². The van der Waals surface area contributed by atoms with Crippen molar-refractivity contribution in [1.29, 1.82) is 0 Å². The van der Waals surface area contributed by atoms with Crippen molar-refractivity contribution in [2.75, 3.05) is 11.4 Å². The minimum atomic E-state index is -0.860. The summed E-state index contributed by atoms with van der Waals surface area (Å²) >= 11 is 1.33. The third kappa shape index (κ3) is 3.51. The summed E-state index contributed by atoms with van der Waals surface area (Å²) in [5.41, 5.74) is 0.644. The van der Waals surface area contributed by atoms with Gasteiger partial charge in [0, 0.05) is 12.6 Å². The lowest BCUT2D eigenvalue weighted by Crippen LogP contribution is -2.34. The molecular weight excluding hydrogens is 272 g/mol. The van der Waals surface area contributed by atoms with Crippen LogP contribution in [0, 0.1) is 12.8 Å². The van der Waals surface area contributed by atoms with Gasteiger partial charge in [-0.3, -0.25) is 0 Å². The molecule has 4 nitrogen and oxygen atoms in total. The van der Waals surface area contributed by atoms with Crippen molar-refractivity contribution >= 4 is 22.4 Å². The zero-order valence-corrected chi connectivity index (χ0v) is 13.4. The summed E-state index contributed by atoms with van der Waals surface area (Å²) < 4.78 is 0. The Kier molecular flexibility index (Phi) is 5.02. The van der Waals surface area contributed by atoms with Gasteiger partial charge in [-0.25, -0.2) is 9.78 Å². The molecule has 2 rings (SSSR count). The van der Waals surface area contributed by atoms with E-state index in [2.05, 4.69) is 23.7 Å². The van der Waals surface area contributed by atoms with Crippen molar-refractivity contribution in [3.63, 3.8) is 0 Å². The fourth-order valence-electron chi connectivity index (χ4n) is 2.75. The zero-order valence-electron chi connectivity index (χ0n) is 12.6. The van der Waals surface area contributed by atoms with Crippen LogP contribution in [-0.2, 0) is 0 Å². The number of thiazole rings is 1. The second-order valence-corrected chi connectivity index (χ2v) is 7.01. The summed E-state index contributed by atoms with van der Waals surface area (Å²) in [6, 6.07) is 0.543. The number of rotatable bonds is 6. The molecule has 20 heavy (non-hydrogen) atoms. The van der Waals surface area contributed by atoms with E-state index in [1.54, 1.807) is 6.92 Å². The van der Waals surface area contributed by atoms with Gasteiger partial charge in [0.05, 0.1) is 5.69 Å². The molecule has 5 heteroatoms. The molecule has 0 amide bonds. The molecule has 0 spiro atoms. The number of hydrogen-bond donors (Lipinski definition) is 1. The summed E-state index contributed by atoms with van der Waals surface area (Å²) in [7, 11) is 0. The van der Waals surface area contributed by atoms with Crippen LogP contribution in [0.5, 0.6) is 0 Å². The minimum Gasteiger partial charge on any atom is -0.477 e. The molecule has 0 aromatic carbocycles. The predicted molar refractivity (Wildman–Crippen MR) is 82.9 cm³/mol. The van der Waals surface area contributed by atoms with E-state index in [4.69, 9.17) is 0 Å². The van der Waals surface area contributed by atoms with Gasteiger partial charge in [0.2, 0.25) is 0 Å². The molecule has 0 aliphatic heterocycles. The van der Waals surface area contributed by atoms with Crippen molar-refractivity contribution in [2.45, 2.75) is 58.9 Å². The zero-order chi connectivity index (χ0) is 14.7. The van der Waals surface area contributed by atoms with Crippen LogP contribution in [0.2, 0.25) is 0 Å². The van der Waals surface area contributed by atoms with Crippen molar-refractivity contribution < 1.29 is 9.90 Å². The maximum Gasteiger partial charge on any atom is 0.347 e. The number of carbonyl (C=O) groups is 1. The van der Waals surface area contributed by atoms with Gasteiger partial charge in [0.25, 0.3) is 0 Å². The van der Waals surface area contributed by atoms with E-state index < -0.39 is 5.97 Å². The highest BCUT2D eigenvalue weighted by atomic mass is 32.1. The molecule has 0 bridgehead atoms. The number of anilines is 1. The quantitative estimate of drug-likeness (QED) is 0.863. The molecule has 0 atom stereocenters. The van der Waals surface area contributed by atoms with Crippen molar-refractivity contribution in [3.8, 4) is 0 Å². The first kappa shape index (κ1) is 15.3. The normalized spacial score (nSPS) is 16.0. The van der Waals surface area contributed by atoms with Crippen molar-refractivity contribution in [2.24, 2.45) is 5.92 Å². The number of aromatic carboxylic acids is 1. The molecule has 1 aromatic heterocycles. The molecular formula is C15H24N2O2S. The van der Waals surface area contributed by atoms with Crippen LogP contribution >= 0.6 is 11.3 Å². The Morgan fingerprint density at radius 2 is 2.10 bits per heavy atom. The van der Waals surface area contributed by atoms with Gasteiger partial charge in [0.15, 0.2) is 5.13 Å². The highest BCUT2D eigenvalue weighted by Gasteiger charge is 2.26. The smallest absolute Gasteiger partial charge is 0.347 e. The summed E-state index contributed by atoms with van der Waals surface area (Å²) in [6.45, 7) is 7.22. The average Bonchev–Trinajstić information content (AvgIpc) is 2.99. The van der Waals surface area contributed by atoms with Crippen LogP contribution < -0.4 is 4.90 Å². The third-order valence-corrected chi connectivity index (χ3v) is 5.12. The first-order valence-electron chi connectivity index (χ1n) is 7.46. The molecule has 1 N–H and O–H groups in total. The predicted octanol–water partition coefficient (Wildman–Crippen LogP) is 3.94. The Bertz CT molecular complexity index is 464. The Hall–Kier alpha value is -1.10. The molecule has 1 saturated carbocycles. The first-order valence-corrected chi connectivity index (χ1v) is 8.28. The number of nitrogens with zero attached hydrogens (tertiary/aromatic N) is 2. The second-order valence-electron chi connectivity index (χ2n) is 6.03. The van der Waals surface area contributed by atoms with Gasteiger partial charge in [-0.2, -0.15) is 0 Å². The van der Waals surface area contributed by atoms with Crippen molar-refractivity contribution in [1.82, 2.24) is 4.98 Å². The van der Waals surface area contributed by atoms with Gasteiger partial charge in [0.1, 0.15) is 4.88 Å². The van der Waals surface area contributed by atoms with Crippen molar-refractivity contribution in [3.05, 3.63) is 10.6 Å². The monoisotopic (exact) mass is 296 g/mol. The van der Waals surface area contributed by atoms with Crippen LogP contribution in [0.1, 0.15) is 61.3 Å². The van der Waals surface area contributed by atoms with E-state index >= 15 is 0 Å². The van der Waals surface area contributed by atoms with E-state index in [0.29, 0.717) is 22.5 Å². The van der Waals surface area contributed by atoms with E-state index in [1.165, 1.54) is 37.0 Å². The Morgan fingerprint density at radius 3 is 2.60 bits per heavy atom. The lowest BCUT2D eigenvalue weighted by atomic mass is 10.1. The fourth-order valence-corrected chi connectivity index (χ4v) is 3.75. The van der Waals surface area contributed by atoms with Crippen LogP contribution in [0.4, 0.5) is 5.13 Å². The highest BCUT2D eigenvalue weighted by Crippen LogP contribution is 2.33. The molecule has 1 heterocycles. The summed E-state index contributed by atoms with van der Waals surface area (Å²) in [4.78, 5) is 18.5. The molecule has 1 aromatic rings. The number of aryl methyl sites for hydroxylation is 1. The number of aromatic nitrogens is 1. The topological polar surface area (TPSA) is 53.4 Å². The largest absolute Gasteiger partial charge is 0.477 e. The van der Waals surface area contributed by atoms with E-state index in [1.807, 2.05) is 0 Å². The molecule has 0 radical (unpaired) electrons. The Morgan fingerprint density at radius 1 is 1.45 bits per heavy atom. The lowest BCUT2D eigenvalue weighted by Gasteiger charge is -2.29. The fraction of sp³-hybridized carbons (Fsp3) is 0.733. The average molecular weight is 296 g/mol. The third-order valence-electron chi connectivity index (χ3n) is 3.94. The van der Waals surface area contributed by atoms with Gasteiger partial charge in [-0.05, 0) is 32.1 Å².